The van der Waals surface area contributed by atoms with Crippen molar-refractivity contribution >= 4 is 11.6 Å². The van der Waals surface area contributed by atoms with E-state index in [1.807, 2.05) is 60.6 Å². The third-order valence-electron chi connectivity index (χ3n) is 6.34. The van der Waals surface area contributed by atoms with Crippen LogP contribution in [0.15, 0.2) is 43.1 Å². The first-order valence-electron chi connectivity index (χ1n) is 11.1. The second-order valence-electron chi connectivity index (χ2n) is 8.60. The van der Waals surface area contributed by atoms with Gasteiger partial charge in [0.15, 0.2) is 12.3 Å². The number of aromatic nitrogens is 6. The normalized spacial score (nSPS) is 16.0. The van der Waals surface area contributed by atoms with E-state index < -0.39 is 0 Å². The van der Waals surface area contributed by atoms with E-state index in [4.69, 9.17) is 9.84 Å². The van der Waals surface area contributed by atoms with Gasteiger partial charge in [-0.15, -0.1) is 0 Å². The van der Waals surface area contributed by atoms with Gasteiger partial charge in [-0.05, 0) is 44.4 Å². The Bertz CT molecular complexity index is 1280. The van der Waals surface area contributed by atoms with Gasteiger partial charge in [-0.2, -0.15) is 10.2 Å². The number of aryl methyl sites for hydroxylation is 3. The zero-order chi connectivity index (χ0) is 22.9. The molecule has 1 fully saturated rings. The third kappa shape index (κ3) is 4.06. The first-order valence-corrected chi connectivity index (χ1v) is 11.1. The zero-order valence-electron chi connectivity index (χ0n) is 19.1. The van der Waals surface area contributed by atoms with Crippen molar-refractivity contribution in [1.82, 2.24) is 34.3 Å². The van der Waals surface area contributed by atoms with E-state index in [1.54, 1.807) is 11.0 Å². The van der Waals surface area contributed by atoms with Gasteiger partial charge in [0.1, 0.15) is 18.4 Å². The summed E-state index contributed by atoms with van der Waals surface area (Å²) in [7, 11) is 0. The minimum Gasteiger partial charge on any atom is -0.483 e. The second kappa shape index (κ2) is 8.65. The maximum Gasteiger partial charge on any atom is 0.260 e. The standard InChI is InChI=1S/C24H27N7O2/c1-16-5-4-6-17(2)23(16)33-13-22(32)29-10-8-19(11-29)21-7-9-26-24-20(18(3)28-31(21)24)12-30-15-25-14-27-30/h4-7,9,14-15,19H,8,10-13H2,1-3H3/t19-/m1/s1. The van der Waals surface area contributed by atoms with Crippen molar-refractivity contribution in [3.63, 3.8) is 0 Å². The number of ether oxygens (including phenoxy) is 1. The predicted octanol–water partition coefficient (Wildman–Crippen LogP) is 2.69. The fraction of sp³-hybridized carbons (Fsp3) is 0.375. The van der Waals surface area contributed by atoms with Gasteiger partial charge in [-0.1, -0.05) is 18.2 Å². The van der Waals surface area contributed by atoms with E-state index in [9.17, 15) is 4.79 Å². The number of likely N-dealkylation sites (tertiary alicyclic amines) is 1. The number of hydrogen-bond acceptors (Lipinski definition) is 6. The van der Waals surface area contributed by atoms with Crippen molar-refractivity contribution in [2.75, 3.05) is 19.7 Å². The lowest BCUT2D eigenvalue weighted by Gasteiger charge is -2.18. The predicted molar refractivity (Wildman–Crippen MR) is 122 cm³/mol. The molecule has 0 N–H and O–H groups in total. The van der Waals surface area contributed by atoms with Crippen LogP contribution in [0.3, 0.4) is 0 Å². The molecule has 5 rings (SSSR count). The summed E-state index contributed by atoms with van der Waals surface area (Å²) in [5, 5.41) is 8.97. The largest absolute Gasteiger partial charge is 0.483 e. The summed E-state index contributed by atoms with van der Waals surface area (Å²) in [6, 6.07) is 7.99. The van der Waals surface area contributed by atoms with Crippen LogP contribution in [0.4, 0.5) is 0 Å². The number of para-hydroxylation sites is 1. The molecule has 1 aliphatic rings. The fourth-order valence-corrected chi connectivity index (χ4v) is 4.57. The Morgan fingerprint density at radius 3 is 2.76 bits per heavy atom. The number of benzene rings is 1. The summed E-state index contributed by atoms with van der Waals surface area (Å²) < 4.78 is 9.58. The minimum absolute atomic E-state index is 0.00831. The fourth-order valence-electron chi connectivity index (χ4n) is 4.57. The molecule has 0 saturated carbocycles. The molecule has 3 aromatic heterocycles. The summed E-state index contributed by atoms with van der Waals surface area (Å²) in [5.74, 6) is 0.997. The van der Waals surface area contributed by atoms with Gasteiger partial charge in [0.2, 0.25) is 0 Å². The summed E-state index contributed by atoms with van der Waals surface area (Å²) in [6.45, 7) is 7.94. The molecule has 0 bridgehead atoms. The number of amides is 1. The molecule has 4 heterocycles. The molecule has 1 aromatic carbocycles. The van der Waals surface area contributed by atoms with Crippen molar-refractivity contribution < 1.29 is 9.53 Å². The lowest BCUT2D eigenvalue weighted by molar-refractivity contribution is -0.132. The Morgan fingerprint density at radius 1 is 1.18 bits per heavy atom. The van der Waals surface area contributed by atoms with Crippen molar-refractivity contribution in [1.29, 1.82) is 0 Å². The number of carbonyl (C=O) groups excluding carboxylic acids is 1. The van der Waals surface area contributed by atoms with Crippen LogP contribution < -0.4 is 4.74 Å². The average Bonchev–Trinajstić information content (AvgIpc) is 3.55. The number of carbonyl (C=O) groups is 1. The van der Waals surface area contributed by atoms with E-state index in [1.165, 1.54) is 6.33 Å². The smallest absolute Gasteiger partial charge is 0.260 e. The molecule has 0 spiro atoms. The molecule has 4 aromatic rings. The van der Waals surface area contributed by atoms with Gasteiger partial charge in [0.25, 0.3) is 5.91 Å². The van der Waals surface area contributed by atoms with Crippen molar-refractivity contribution in [3.8, 4) is 5.75 Å². The topological polar surface area (TPSA) is 90.4 Å². The monoisotopic (exact) mass is 445 g/mol. The van der Waals surface area contributed by atoms with Gasteiger partial charge < -0.3 is 9.64 Å². The SMILES string of the molecule is Cc1cccc(C)c1OCC(=O)N1CC[C@@H](c2ccnc3c(Cn4cncn4)c(C)nn23)C1. The second-order valence-corrected chi connectivity index (χ2v) is 8.60. The van der Waals surface area contributed by atoms with E-state index in [0.29, 0.717) is 19.6 Å². The lowest BCUT2D eigenvalue weighted by atomic mass is 10.0. The molecule has 170 valence electrons. The highest BCUT2D eigenvalue weighted by molar-refractivity contribution is 5.78. The zero-order valence-corrected chi connectivity index (χ0v) is 19.1. The maximum atomic E-state index is 12.9. The van der Waals surface area contributed by atoms with Crippen molar-refractivity contribution in [2.24, 2.45) is 0 Å². The van der Waals surface area contributed by atoms with Crippen LogP contribution in [-0.2, 0) is 11.3 Å². The molecule has 1 atom stereocenters. The Labute approximate surface area is 192 Å². The first-order chi connectivity index (χ1) is 16.0. The summed E-state index contributed by atoms with van der Waals surface area (Å²) in [4.78, 5) is 23.4. The molecule has 1 saturated heterocycles. The van der Waals surface area contributed by atoms with E-state index in [2.05, 4.69) is 15.1 Å². The lowest BCUT2D eigenvalue weighted by Crippen LogP contribution is -2.33. The number of nitrogens with zero attached hydrogens (tertiary/aromatic N) is 7. The molecular weight excluding hydrogens is 418 g/mol. The Hall–Kier alpha value is -3.75. The Morgan fingerprint density at radius 2 is 2.00 bits per heavy atom. The highest BCUT2D eigenvalue weighted by Gasteiger charge is 2.30. The highest BCUT2D eigenvalue weighted by Crippen LogP contribution is 2.29. The molecule has 1 aliphatic heterocycles. The summed E-state index contributed by atoms with van der Waals surface area (Å²) in [6.07, 6.45) is 5.92. The van der Waals surface area contributed by atoms with E-state index in [0.717, 1.165) is 45.9 Å². The number of rotatable bonds is 6. The molecule has 1 amide bonds. The quantitative estimate of drug-likeness (QED) is 0.453. The molecule has 9 nitrogen and oxygen atoms in total. The summed E-state index contributed by atoms with van der Waals surface area (Å²) >= 11 is 0. The maximum absolute atomic E-state index is 12.9. The van der Waals surface area contributed by atoms with Crippen molar-refractivity contribution in [3.05, 3.63) is 71.2 Å². The minimum atomic E-state index is 0.00831. The summed E-state index contributed by atoms with van der Waals surface area (Å²) in [5.41, 5.74) is 5.91. The highest BCUT2D eigenvalue weighted by atomic mass is 16.5. The van der Waals surface area contributed by atoms with Crippen LogP contribution >= 0.6 is 0 Å². The molecule has 0 aliphatic carbocycles. The van der Waals surface area contributed by atoms with Gasteiger partial charge in [-0.25, -0.2) is 19.2 Å². The van der Waals surface area contributed by atoms with Crippen LogP contribution in [0.1, 0.15) is 40.4 Å². The molecule has 0 radical (unpaired) electrons. The molecule has 33 heavy (non-hydrogen) atoms. The molecule has 9 heteroatoms. The molecule has 0 unspecified atom stereocenters. The molecular formula is C24H27N7O2. The van der Waals surface area contributed by atoms with Crippen LogP contribution in [-0.4, -0.2) is 59.9 Å². The van der Waals surface area contributed by atoms with Crippen LogP contribution in [0.25, 0.3) is 5.65 Å². The third-order valence-corrected chi connectivity index (χ3v) is 6.34. The average molecular weight is 446 g/mol. The van der Waals surface area contributed by atoms with E-state index >= 15 is 0 Å². The van der Waals surface area contributed by atoms with Crippen LogP contribution in [0.5, 0.6) is 5.75 Å². The van der Waals surface area contributed by atoms with Gasteiger partial charge in [0, 0.05) is 30.8 Å². The van der Waals surface area contributed by atoms with Gasteiger partial charge in [0.05, 0.1) is 17.9 Å². The Kier molecular flexibility index (Phi) is 5.53. The van der Waals surface area contributed by atoms with Gasteiger partial charge in [-0.3, -0.25) is 4.79 Å². The first kappa shape index (κ1) is 21.1. The van der Waals surface area contributed by atoms with E-state index in [-0.39, 0.29) is 18.4 Å². The van der Waals surface area contributed by atoms with Crippen LogP contribution in [0.2, 0.25) is 0 Å². The number of fused-ring (bicyclic) bond motifs is 1. The van der Waals surface area contributed by atoms with Crippen LogP contribution in [0, 0.1) is 20.8 Å². The number of hydrogen-bond donors (Lipinski definition) is 0. The van der Waals surface area contributed by atoms with Gasteiger partial charge >= 0.3 is 0 Å². The van der Waals surface area contributed by atoms with Crippen molar-refractivity contribution in [2.45, 2.75) is 39.7 Å². The Balaban J connectivity index is 1.31.